The topological polar surface area (TPSA) is 17.1 Å². The predicted molar refractivity (Wildman–Crippen MR) is 36.3 cm³/mol. The second kappa shape index (κ2) is 3.27. The maximum Gasteiger partial charge on any atom is 0.172 e. The van der Waals surface area contributed by atoms with Gasteiger partial charge in [0, 0.05) is 6.07 Å². The van der Waals surface area contributed by atoms with Gasteiger partial charge in [0.15, 0.2) is 23.3 Å². The molecule has 0 aliphatic heterocycles. The average Bonchev–Trinajstić information content (AvgIpc) is 2.02. The van der Waals surface area contributed by atoms with Crippen molar-refractivity contribution < 1.29 is 22.1 Å². The highest BCUT2D eigenvalue weighted by Crippen LogP contribution is 2.14. The summed E-state index contributed by atoms with van der Waals surface area (Å²) in [4.78, 5) is 0. The van der Waals surface area contributed by atoms with Crippen molar-refractivity contribution in [1.82, 2.24) is 0 Å². The van der Waals surface area contributed by atoms with Gasteiger partial charge >= 0.3 is 0 Å². The lowest BCUT2D eigenvalue weighted by atomic mass is 10.3. The van der Waals surface area contributed by atoms with Crippen molar-refractivity contribution in [2.45, 2.75) is 0 Å². The molecule has 0 spiro atoms. The van der Waals surface area contributed by atoms with E-state index in [9.17, 15) is 22.1 Å². The van der Waals surface area contributed by atoms with Crippen molar-refractivity contribution in [3.63, 3.8) is 0 Å². The lowest BCUT2D eigenvalue weighted by Crippen LogP contribution is -2.11. The Morgan fingerprint density at radius 3 is 1.75 bits per heavy atom. The largest absolute Gasteiger partial charge is 0.325 e. The normalized spacial score (nSPS) is 11.3. The molecule has 1 atom stereocenters. The van der Waals surface area contributed by atoms with Crippen LogP contribution in [0.4, 0.5) is 17.6 Å². The Morgan fingerprint density at radius 2 is 1.42 bits per heavy atom. The number of benzene rings is 1. The summed E-state index contributed by atoms with van der Waals surface area (Å²) in [5, 5.41) is -1.02. The van der Waals surface area contributed by atoms with Crippen LogP contribution in [-0.2, 0) is 4.57 Å². The summed E-state index contributed by atoms with van der Waals surface area (Å²) < 4.78 is 59.7. The van der Waals surface area contributed by atoms with Crippen LogP contribution in [0, 0.1) is 23.3 Å². The minimum absolute atomic E-state index is 0.0727. The van der Waals surface area contributed by atoms with Crippen molar-refractivity contribution in [3.8, 4) is 0 Å². The van der Waals surface area contributed by atoms with E-state index in [1.54, 1.807) is 0 Å². The summed E-state index contributed by atoms with van der Waals surface area (Å²) in [6.45, 7) is 0. The first-order chi connectivity index (χ1) is 5.57. The van der Waals surface area contributed by atoms with E-state index in [0.29, 0.717) is 0 Å². The maximum atomic E-state index is 12.5. The third-order valence-corrected chi connectivity index (χ3v) is 2.01. The third kappa shape index (κ3) is 1.37. The predicted octanol–water partition coefficient (Wildman–Crippen LogP) is 1.62. The highest BCUT2D eigenvalue weighted by molar-refractivity contribution is 7.34. The second-order valence-corrected chi connectivity index (χ2v) is 2.81. The zero-order chi connectivity index (χ0) is 9.30. The Labute approximate surface area is 66.2 Å². The van der Waals surface area contributed by atoms with E-state index in [1.165, 1.54) is 0 Å². The summed E-state index contributed by atoms with van der Waals surface area (Å²) in [7, 11) is -2.02. The molecule has 0 fully saturated rings. The van der Waals surface area contributed by atoms with Crippen molar-refractivity contribution in [1.29, 1.82) is 0 Å². The summed E-state index contributed by atoms with van der Waals surface area (Å²) >= 11 is 0. The molecule has 0 heterocycles. The molecule has 0 bridgehead atoms. The fourth-order valence-corrected chi connectivity index (χ4v) is 1.18. The molecule has 0 radical (unpaired) electrons. The highest BCUT2D eigenvalue weighted by Gasteiger charge is 2.17. The Hall–Kier alpha value is -0.830. The van der Waals surface area contributed by atoms with Gasteiger partial charge in [0.05, 0.1) is 13.8 Å². The third-order valence-electron chi connectivity index (χ3n) is 1.26. The molecule has 6 heteroatoms. The zero-order valence-corrected chi connectivity index (χ0v) is 6.73. The SMILES string of the molecule is O=[PH2]c1c(F)c(F)cc(F)c1F. The molecular weight excluding hydrogens is 195 g/mol. The average molecular weight is 198 g/mol. The van der Waals surface area contributed by atoms with Gasteiger partial charge in [0.25, 0.3) is 0 Å². The van der Waals surface area contributed by atoms with Crippen LogP contribution >= 0.6 is 8.46 Å². The number of hydrogen-bond acceptors (Lipinski definition) is 1. The molecule has 66 valence electrons. The summed E-state index contributed by atoms with van der Waals surface area (Å²) in [5.41, 5.74) is 0. The molecule has 0 saturated carbocycles. The first kappa shape index (κ1) is 9.26. The van der Waals surface area contributed by atoms with E-state index >= 15 is 0 Å². The molecule has 0 saturated heterocycles. The molecule has 0 aliphatic rings. The smallest absolute Gasteiger partial charge is 0.172 e. The Morgan fingerprint density at radius 1 is 1.00 bits per heavy atom. The van der Waals surface area contributed by atoms with Crippen LogP contribution in [0.15, 0.2) is 6.07 Å². The van der Waals surface area contributed by atoms with Crippen LogP contribution in [0.25, 0.3) is 0 Å². The molecule has 1 rings (SSSR count). The van der Waals surface area contributed by atoms with Gasteiger partial charge in [-0.25, -0.2) is 17.6 Å². The molecule has 0 aromatic heterocycles. The van der Waals surface area contributed by atoms with Crippen molar-refractivity contribution in [2.75, 3.05) is 0 Å². The minimum Gasteiger partial charge on any atom is -0.325 e. The number of halogens is 4. The van der Waals surface area contributed by atoms with E-state index in [-0.39, 0.29) is 6.07 Å². The maximum absolute atomic E-state index is 12.5. The quantitative estimate of drug-likeness (QED) is 0.380. The van der Waals surface area contributed by atoms with Crippen LogP contribution in [-0.4, -0.2) is 0 Å². The van der Waals surface area contributed by atoms with Crippen molar-refractivity contribution in [3.05, 3.63) is 29.3 Å². The van der Waals surface area contributed by atoms with E-state index < -0.39 is 37.0 Å². The first-order valence-corrected chi connectivity index (χ1v) is 3.91. The van der Waals surface area contributed by atoms with Crippen molar-refractivity contribution >= 4 is 13.8 Å². The van der Waals surface area contributed by atoms with E-state index in [0.717, 1.165) is 0 Å². The van der Waals surface area contributed by atoms with Gasteiger partial charge in [-0.3, -0.25) is 0 Å². The lowest BCUT2D eigenvalue weighted by Gasteiger charge is -1.99. The molecule has 0 amide bonds. The summed E-state index contributed by atoms with van der Waals surface area (Å²) in [6, 6.07) is 0.0727. The molecule has 1 nitrogen and oxygen atoms in total. The van der Waals surface area contributed by atoms with E-state index in [4.69, 9.17) is 0 Å². The summed E-state index contributed by atoms with van der Waals surface area (Å²) in [5.74, 6) is -6.24. The highest BCUT2D eigenvalue weighted by atomic mass is 31.1. The Balaban J connectivity index is 3.52. The Kier molecular flexibility index (Phi) is 2.52. The van der Waals surface area contributed by atoms with E-state index in [1.807, 2.05) is 0 Å². The molecule has 0 N–H and O–H groups in total. The first-order valence-electron chi connectivity index (χ1n) is 2.86. The number of hydrogen-bond donors (Lipinski definition) is 0. The van der Waals surface area contributed by atoms with Gasteiger partial charge in [-0.2, -0.15) is 0 Å². The fraction of sp³-hybridized carbons (Fsp3) is 0. The molecule has 0 aliphatic carbocycles. The van der Waals surface area contributed by atoms with Crippen molar-refractivity contribution in [2.24, 2.45) is 0 Å². The standard InChI is InChI=1S/C6H3F4OP/c7-2-1-3(8)5(10)6(12-11)4(2)9/h1H,12H2. The van der Waals surface area contributed by atoms with Crippen LogP contribution in [0.2, 0.25) is 0 Å². The van der Waals surface area contributed by atoms with E-state index in [2.05, 4.69) is 0 Å². The molecule has 1 aromatic rings. The number of rotatable bonds is 1. The van der Waals surface area contributed by atoms with Gasteiger partial charge in [-0.15, -0.1) is 0 Å². The molecule has 12 heavy (non-hydrogen) atoms. The summed E-state index contributed by atoms with van der Waals surface area (Å²) in [6.07, 6.45) is 0. The molecular formula is C6H3F4OP. The van der Waals surface area contributed by atoms with Gasteiger partial charge in [0.2, 0.25) is 0 Å². The second-order valence-electron chi connectivity index (χ2n) is 2.00. The van der Waals surface area contributed by atoms with Crippen LogP contribution in [0.1, 0.15) is 0 Å². The molecule has 1 aromatic carbocycles. The minimum atomic E-state index is -2.02. The fourth-order valence-electron chi connectivity index (χ4n) is 0.695. The van der Waals surface area contributed by atoms with Gasteiger partial charge in [-0.1, -0.05) is 0 Å². The lowest BCUT2D eigenvalue weighted by molar-refractivity contribution is 0.462. The van der Waals surface area contributed by atoms with Crippen LogP contribution in [0.5, 0.6) is 0 Å². The van der Waals surface area contributed by atoms with Gasteiger partial charge in [-0.05, 0) is 0 Å². The molecule has 1 unspecified atom stereocenters. The van der Waals surface area contributed by atoms with Crippen LogP contribution < -0.4 is 5.30 Å². The van der Waals surface area contributed by atoms with Gasteiger partial charge < -0.3 is 4.57 Å². The Bertz CT molecular complexity index is 313. The monoisotopic (exact) mass is 198 g/mol. The zero-order valence-electron chi connectivity index (χ0n) is 5.57. The van der Waals surface area contributed by atoms with Crippen LogP contribution in [0.3, 0.4) is 0 Å². The van der Waals surface area contributed by atoms with Gasteiger partial charge in [0.1, 0.15) is 0 Å².